The fraction of sp³-hybridized carbons (Fsp3) is 0.423. The Morgan fingerprint density at radius 1 is 1.00 bits per heavy atom. The number of fused-ring (bicyclic) bond motifs is 1. The van der Waals surface area contributed by atoms with Gasteiger partial charge in [0.1, 0.15) is 11.2 Å². The normalized spacial score (nSPS) is 12.9. The molecule has 0 spiro atoms. The summed E-state index contributed by atoms with van der Waals surface area (Å²) >= 11 is 0. The van der Waals surface area contributed by atoms with Crippen LogP contribution in [-0.4, -0.2) is 39.7 Å². The van der Waals surface area contributed by atoms with Crippen LogP contribution in [0.1, 0.15) is 59.9 Å². The molecule has 0 fully saturated rings. The molecule has 0 aliphatic heterocycles. The summed E-state index contributed by atoms with van der Waals surface area (Å²) in [5, 5.41) is 7.68. The number of alkyl carbamates (subject to hydrolysis) is 1. The molecule has 8 heteroatoms. The zero-order valence-electron chi connectivity index (χ0n) is 20.9. The number of benzene rings is 2. The van der Waals surface area contributed by atoms with Crippen LogP contribution in [-0.2, 0) is 9.47 Å². The smallest absolute Gasteiger partial charge is 0.435 e. The average Bonchev–Trinajstić information content (AvgIpc) is 3.15. The van der Waals surface area contributed by atoms with Crippen LogP contribution in [0.3, 0.4) is 0 Å². The highest BCUT2D eigenvalue weighted by Gasteiger charge is 2.21. The number of hydrogen-bond acceptors (Lipinski definition) is 6. The molecule has 34 heavy (non-hydrogen) atoms. The molecule has 3 aromatic rings. The largest absolute Gasteiger partial charge is 0.444 e. The van der Waals surface area contributed by atoms with Crippen molar-refractivity contribution >= 4 is 28.8 Å². The number of carbonyl (C=O) groups excluding carboxylic acids is 2. The number of anilines is 1. The van der Waals surface area contributed by atoms with E-state index in [-0.39, 0.29) is 5.92 Å². The van der Waals surface area contributed by atoms with Crippen molar-refractivity contribution in [3.63, 3.8) is 0 Å². The second-order valence-corrected chi connectivity index (χ2v) is 10.4. The van der Waals surface area contributed by atoms with Crippen molar-refractivity contribution in [2.24, 2.45) is 0 Å². The molecule has 3 rings (SSSR count). The Labute approximate surface area is 200 Å². The van der Waals surface area contributed by atoms with Crippen LogP contribution in [0, 0.1) is 0 Å². The molecule has 0 saturated heterocycles. The van der Waals surface area contributed by atoms with E-state index in [1.165, 1.54) is 4.68 Å². The number of nitrogens with zero attached hydrogens (tertiary/aromatic N) is 2. The van der Waals surface area contributed by atoms with E-state index >= 15 is 0 Å². The highest BCUT2D eigenvalue weighted by Crippen LogP contribution is 2.33. The third-order valence-electron chi connectivity index (χ3n) is 5.10. The van der Waals surface area contributed by atoms with E-state index in [0.717, 1.165) is 16.7 Å². The van der Waals surface area contributed by atoms with E-state index in [2.05, 4.69) is 10.4 Å². The SMILES string of the molecule is CC(CNC(=O)OC(C)(C)C)c1ccc(-c2ccc3c(cnn3C(=O)OC(C)(C)C)c2N)cc1. The van der Waals surface area contributed by atoms with Crippen LogP contribution in [0.25, 0.3) is 22.0 Å². The van der Waals surface area contributed by atoms with Gasteiger partial charge in [0.05, 0.1) is 17.4 Å². The van der Waals surface area contributed by atoms with Gasteiger partial charge in [-0.2, -0.15) is 9.78 Å². The van der Waals surface area contributed by atoms with E-state index in [0.29, 0.717) is 23.1 Å². The summed E-state index contributed by atoms with van der Waals surface area (Å²) in [5.74, 6) is 0.105. The van der Waals surface area contributed by atoms with Crippen LogP contribution >= 0.6 is 0 Å². The number of nitrogens with two attached hydrogens (primary N) is 1. The van der Waals surface area contributed by atoms with Gasteiger partial charge in [-0.3, -0.25) is 0 Å². The molecule has 0 aliphatic carbocycles. The number of ether oxygens (including phenoxy) is 2. The van der Waals surface area contributed by atoms with E-state index in [1.807, 2.05) is 64.1 Å². The third-order valence-corrected chi connectivity index (χ3v) is 5.10. The Morgan fingerprint density at radius 2 is 1.62 bits per heavy atom. The maximum absolute atomic E-state index is 12.5. The summed E-state index contributed by atoms with van der Waals surface area (Å²) in [7, 11) is 0. The molecule has 8 nitrogen and oxygen atoms in total. The minimum atomic E-state index is -0.623. The summed E-state index contributed by atoms with van der Waals surface area (Å²) in [5.41, 5.74) is 9.31. The fourth-order valence-electron chi connectivity index (χ4n) is 3.48. The Hall–Kier alpha value is -3.55. The lowest BCUT2D eigenvalue weighted by Gasteiger charge is -2.21. The molecule has 0 bridgehead atoms. The molecule has 0 radical (unpaired) electrons. The van der Waals surface area contributed by atoms with Gasteiger partial charge in [0.15, 0.2) is 0 Å². The first kappa shape index (κ1) is 25.1. The zero-order valence-corrected chi connectivity index (χ0v) is 20.9. The molecule has 1 unspecified atom stereocenters. The van der Waals surface area contributed by atoms with Gasteiger partial charge in [0.2, 0.25) is 0 Å². The van der Waals surface area contributed by atoms with Gasteiger partial charge in [-0.1, -0.05) is 37.3 Å². The van der Waals surface area contributed by atoms with Crippen LogP contribution in [0.2, 0.25) is 0 Å². The number of aromatic nitrogens is 2. The standard InChI is InChI=1S/C26H34N4O4/c1-16(14-28-23(31)33-25(2,3)4)17-8-10-18(11-9-17)19-12-13-21-20(22(19)27)15-29-30(21)24(32)34-26(5,6)7/h8-13,15-16H,14,27H2,1-7H3,(H,28,31). The first-order chi connectivity index (χ1) is 15.7. The number of hydrogen-bond donors (Lipinski definition) is 2. The van der Waals surface area contributed by atoms with E-state index in [9.17, 15) is 9.59 Å². The second kappa shape index (κ2) is 9.37. The molecule has 1 amide bonds. The molecule has 0 saturated carbocycles. The topological polar surface area (TPSA) is 108 Å². The van der Waals surface area contributed by atoms with Gasteiger partial charge in [-0.25, -0.2) is 9.59 Å². The summed E-state index contributed by atoms with van der Waals surface area (Å²) in [6, 6.07) is 11.7. The molecule has 0 aliphatic rings. The number of carbonyl (C=O) groups is 2. The first-order valence-corrected chi connectivity index (χ1v) is 11.3. The lowest BCUT2D eigenvalue weighted by Crippen LogP contribution is -2.34. The highest BCUT2D eigenvalue weighted by atomic mass is 16.6. The van der Waals surface area contributed by atoms with Crippen molar-refractivity contribution in [1.29, 1.82) is 0 Å². The number of nitrogens with one attached hydrogen (secondary N) is 1. The van der Waals surface area contributed by atoms with Crippen molar-refractivity contribution in [3.8, 4) is 11.1 Å². The predicted molar refractivity (Wildman–Crippen MR) is 134 cm³/mol. The van der Waals surface area contributed by atoms with Gasteiger partial charge < -0.3 is 20.5 Å². The van der Waals surface area contributed by atoms with Crippen LogP contribution < -0.4 is 11.1 Å². The number of nitrogen functional groups attached to an aromatic ring is 1. The maximum atomic E-state index is 12.5. The number of amides is 1. The Balaban J connectivity index is 1.76. The summed E-state index contributed by atoms with van der Waals surface area (Å²) in [4.78, 5) is 24.4. The molecule has 1 atom stereocenters. The van der Waals surface area contributed by atoms with Crippen molar-refractivity contribution in [2.45, 2.75) is 65.6 Å². The van der Waals surface area contributed by atoms with Crippen molar-refractivity contribution < 1.29 is 19.1 Å². The minimum Gasteiger partial charge on any atom is -0.444 e. The lowest BCUT2D eigenvalue weighted by atomic mass is 9.96. The second-order valence-electron chi connectivity index (χ2n) is 10.4. The molecule has 3 N–H and O–H groups in total. The molecule has 2 aromatic carbocycles. The van der Waals surface area contributed by atoms with Crippen molar-refractivity contribution in [2.75, 3.05) is 12.3 Å². The molecule has 1 heterocycles. The monoisotopic (exact) mass is 466 g/mol. The molecule has 182 valence electrons. The third kappa shape index (κ3) is 6.07. The van der Waals surface area contributed by atoms with E-state index in [1.54, 1.807) is 27.0 Å². The maximum Gasteiger partial charge on any atom is 0.435 e. The van der Waals surface area contributed by atoms with Crippen molar-refractivity contribution in [3.05, 3.63) is 48.2 Å². The average molecular weight is 467 g/mol. The molecule has 1 aromatic heterocycles. The Kier molecular flexibility index (Phi) is 6.91. The first-order valence-electron chi connectivity index (χ1n) is 11.3. The summed E-state index contributed by atoms with van der Waals surface area (Å²) in [6.07, 6.45) is 0.605. The number of rotatable bonds is 4. The van der Waals surface area contributed by atoms with Crippen molar-refractivity contribution in [1.82, 2.24) is 15.1 Å². The Bertz CT molecular complexity index is 1180. The summed E-state index contributed by atoms with van der Waals surface area (Å²) in [6.45, 7) is 13.4. The van der Waals surface area contributed by atoms with Gasteiger partial charge in [-0.05, 0) is 64.7 Å². The quantitative estimate of drug-likeness (QED) is 0.478. The van der Waals surface area contributed by atoms with Crippen LogP contribution in [0.15, 0.2) is 42.6 Å². The van der Waals surface area contributed by atoms with Crippen LogP contribution in [0.5, 0.6) is 0 Å². The predicted octanol–water partition coefficient (Wildman–Crippen LogP) is 5.70. The fourth-order valence-corrected chi connectivity index (χ4v) is 3.48. The van der Waals surface area contributed by atoms with Gasteiger partial charge >= 0.3 is 12.2 Å². The van der Waals surface area contributed by atoms with Gasteiger partial charge in [0.25, 0.3) is 0 Å². The summed E-state index contributed by atoms with van der Waals surface area (Å²) < 4.78 is 11.9. The minimum absolute atomic E-state index is 0.105. The zero-order chi connectivity index (χ0) is 25.3. The van der Waals surface area contributed by atoms with E-state index < -0.39 is 23.4 Å². The molecular formula is C26H34N4O4. The highest BCUT2D eigenvalue weighted by molar-refractivity contribution is 6.01. The molecular weight excluding hydrogens is 432 g/mol. The van der Waals surface area contributed by atoms with Gasteiger partial charge in [-0.15, -0.1) is 0 Å². The van der Waals surface area contributed by atoms with Gasteiger partial charge in [0, 0.05) is 17.5 Å². The Morgan fingerprint density at radius 3 is 2.21 bits per heavy atom. The lowest BCUT2D eigenvalue weighted by molar-refractivity contribution is 0.0512. The van der Waals surface area contributed by atoms with E-state index in [4.69, 9.17) is 15.2 Å². The van der Waals surface area contributed by atoms with Crippen LogP contribution in [0.4, 0.5) is 15.3 Å².